The van der Waals surface area contributed by atoms with Gasteiger partial charge in [0, 0.05) is 12.1 Å². The van der Waals surface area contributed by atoms with E-state index in [2.05, 4.69) is 22.2 Å². The summed E-state index contributed by atoms with van der Waals surface area (Å²) in [4.78, 5) is 9.26. The summed E-state index contributed by atoms with van der Waals surface area (Å²) in [5.74, 6) is 1.71. The topological polar surface area (TPSA) is 47.0 Å². The van der Waals surface area contributed by atoms with Crippen LogP contribution in [0.25, 0.3) is 11.3 Å². The van der Waals surface area contributed by atoms with Gasteiger partial charge in [0.2, 0.25) is 0 Å². The summed E-state index contributed by atoms with van der Waals surface area (Å²) >= 11 is 0. The van der Waals surface area contributed by atoms with Crippen LogP contribution in [0.15, 0.2) is 24.3 Å². The van der Waals surface area contributed by atoms with Crippen molar-refractivity contribution in [1.29, 1.82) is 0 Å². The summed E-state index contributed by atoms with van der Waals surface area (Å²) in [7, 11) is 0. The first-order chi connectivity index (χ1) is 9.65. The number of ether oxygens (including phenoxy) is 1. The fourth-order valence-corrected chi connectivity index (χ4v) is 1.97. The van der Waals surface area contributed by atoms with E-state index in [0.717, 1.165) is 40.8 Å². The summed E-state index contributed by atoms with van der Waals surface area (Å²) in [6, 6.07) is 7.96. The first-order valence-electron chi connectivity index (χ1n) is 6.98. The standard InChI is InChI=1S/C16H21N3O/c1-5-17-16-15(18-11(3)12(4)19-16)13-7-9-14(10-8-13)20-6-2/h7-10H,5-6H2,1-4H3,(H,17,19). The van der Waals surface area contributed by atoms with Crippen LogP contribution in [0.3, 0.4) is 0 Å². The molecule has 0 saturated heterocycles. The van der Waals surface area contributed by atoms with Gasteiger partial charge in [0.05, 0.1) is 18.0 Å². The molecule has 1 heterocycles. The van der Waals surface area contributed by atoms with E-state index in [9.17, 15) is 0 Å². The monoisotopic (exact) mass is 271 g/mol. The highest BCUT2D eigenvalue weighted by Crippen LogP contribution is 2.27. The van der Waals surface area contributed by atoms with Crippen LogP contribution in [-0.2, 0) is 0 Å². The molecule has 0 aliphatic heterocycles. The molecular weight excluding hydrogens is 250 g/mol. The second kappa shape index (κ2) is 6.37. The molecule has 0 bridgehead atoms. The SMILES string of the molecule is CCNc1nc(C)c(C)nc1-c1ccc(OCC)cc1. The van der Waals surface area contributed by atoms with E-state index < -0.39 is 0 Å². The van der Waals surface area contributed by atoms with Crippen molar-refractivity contribution >= 4 is 5.82 Å². The van der Waals surface area contributed by atoms with Crippen molar-refractivity contribution < 1.29 is 4.74 Å². The number of aromatic nitrogens is 2. The van der Waals surface area contributed by atoms with Gasteiger partial charge >= 0.3 is 0 Å². The maximum Gasteiger partial charge on any atom is 0.152 e. The molecule has 1 aromatic carbocycles. The molecule has 0 atom stereocenters. The molecule has 0 spiro atoms. The third-order valence-corrected chi connectivity index (χ3v) is 3.09. The molecule has 0 amide bonds. The summed E-state index contributed by atoms with van der Waals surface area (Å²) in [6.07, 6.45) is 0. The van der Waals surface area contributed by atoms with Crippen LogP contribution in [0.5, 0.6) is 5.75 Å². The molecule has 0 radical (unpaired) electrons. The second-order valence-corrected chi connectivity index (χ2v) is 4.58. The number of nitrogens with one attached hydrogen (secondary N) is 1. The van der Waals surface area contributed by atoms with Crippen LogP contribution < -0.4 is 10.1 Å². The number of anilines is 1. The molecule has 2 aromatic rings. The lowest BCUT2D eigenvalue weighted by Gasteiger charge is -2.12. The zero-order valence-electron chi connectivity index (χ0n) is 12.5. The number of nitrogens with zero attached hydrogens (tertiary/aromatic N) is 2. The maximum atomic E-state index is 5.47. The fourth-order valence-electron chi connectivity index (χ4n) is 1.97. The van der Waals surface area contributed by atoms with Gasteiger partial charge in [-0.15, -0.1) is 0 Å². The second-order valence-electron chi connectivity index (χ2n) is 4.58. The molecular formula is C16H21N3O. The van der Waals surface area contributed by atoms with E-state index in [0.29, 0.717) is 6.61 Å². The molecule has 106 valence electrons. The maximum absolute atomic E-state index is 5.47. The zero-order valence-corrected chi connectivity index (χ0v) is 12.5. The molecule has 0 fully saturated rings. The Morgan fingerprint density at radius 3 is 2.25 bits per heavy atom. The van der Waals surface area contributed by atoms with Crippen LogP contribution in [0, 0.1) is 13.8 Å². The lowest BCUT2D eigenvalue weighted by Crippen LogP contribution is -2.06. The van der Waals surface area contributed by atoms with E-state index in [1.54, 1.807) is 0 Å². The van der Waals surface area contributed by atoms with Gasteiger partial charge in [-0.05, 0) is 52.0 Å². The molecule has 20 heavy (non-hydrogen) atoms. The van der Waals surface area contributed by atoms with Crippen LogP contribution in [0.2, 0.25) is 0 Å². The molecule has 0 unspecified atom stereocenters. The highest BCUT2D eigenvalue weighted by Gasteiger charge is 2.10. The van der Waals surface area contributed by atoms with Gasteiger partial charge in [-0.25, -0.2) is 9.97 Å². The number of aryl methyl sites for hydroxylation is 2. The molecule has 1 N–H and O–H groups in total. The molecule has 2 rings (SSSR count). The van der Waals surface area contributed by atoms with Crippen molar-refractivity contribution in [1.82, 2.24) is 9.97 Å². The van der Waals surface area contributed by atoms with E-state index >= 15 is 0 Å². The minimum absolute atomic E-state index is 0.672. The Balaban J connectivity index is 2.42. The van der Waals surface area contributed by atoms with E-state index in [1.807, 2.05) is 45.0 Å². The van der Waals surface area contributed by atoms with Crippen molar-refractivity contribution in [2.24, 2.45) is 0 Å². The van der Waals surface area contributed by atoms with Gasteiger partial charge in [-0.2, -0.15) is 0 Å². The van der Waals surface area contributed by atoms with Crippen molar-refractivity contribution in [2.45, 2.75) is 27.7 Å². The van der Waals surface area contributed by atoms with Gasteiger partial charge in [0.15, 0.2) is 5.82 Å². The van der Waals surface area contributed by atoms with Gasteiger partial charge < -0.3 is 10.1 Å². The quantitative estimate of drug-likeness (QED) is 0.902. The third-order valence-electron chi connectivity index (χ3n) is 3.09. The van der Waals surface area contributed by atoms with E-state index in [-0.39, 0.29) is 0 Å². The highest BCUT2D eigenvalue weighted by molar-refractivity contribution is 5.72. The minimum atomic E-state index is 0.672. The minimum Gasteiger partial charge on any atom is -0.494 e. The Bertz CT molecular complexity index is 579. The Morgan fingerprint density at radius 2 is 1.65 bits per heavy atom. The Hall–Kier alpha value is -2.10. The molecule has 4 heteroatoms. The lowest BCUT2D eigenvalue weighted by molar-refractivity contribution is 0.340. The van der Waals surface area contributed by atoms with Gasteiger partial charge in [0.1, 0.15) is 11.4 Å². The largest absolute Gasteiger partial charge is 0.494 e. The average molecular weight is 271 g/mol. The normalized spacial score (nSPS) is 10.4. The number of rotatable bonds is 5. The summed E-state index contributed by atoms with van der Waals surface area (Å²) in [5.41, 5.74) is 3.84. The number of hydrogen-bond donors (Lipinski definition) is 1. The van der Waals surface area contributed by atoms with Crippen molar-refractivity contribution in [2.75, 3.05) is 18.5 Å². The first-order valence-corrected chi connectivity index (χ1v) is 6.98. The van der Waals surface area contributed by atoms with Crippen molar-refractivity contribution in [3.63, 3.8) is 0 Å². The van der Waals surface area contributed by atoms with E-state index in [4.69, 9.17) is 4.74 Å². The number of benzene rings is 1. The predicted octanol–water partition coefficient (Wildman–Crippen LogP) is 3.59. The first kappa shape index (κ1) is 14.3. The molecule has 0 aliphatic carbocycles. The summed E-state index contributed by atoms with van der Waals surface area (Å²) in [5, 5.41) is 3.28. The molecule has 1 aromatic heterocycles. The average Bonchev–Trinajstić information content (AvgIpc) is 2.44. The van der Waals surface area contributed by atoms with Crippen LogP contribution >= 0.6 is 0 Å². The lowest BCUT2D eigenvalue weighted by atomic mass is 10.1. The van der Waals surface area contributed by atoms with E-state index in [1.165, 1.54) is 0 Å². The van der Waals surface area contributed by atoms with Crippen LogP contribution in [0.1, 0.15) is 25.2 Å². The third kappa shape index (κ3) is 3.07. The summed E-state index contributed by atoms with van der Waals surface area (Å²) in [6.45, 7) is 9.48. The summed E-state index contributed by atoms with van der Waals surface area (Å²) < 4.78 is 5.47. The molecule has 0 aliphatic rings. The van der Waals surface area contributed by atoms with Gasteiger partial charge in [0.25, 0.3) is 0 Å². The van der Waals surface area contributed by atoms with Crippen molar-refractivity contribution in [3.8, 4) is 17.0 Å². The Kier molecular flexibility index (Phi) is 4.56. The predicted molar refractivity (Wildman–Crippen MR) is 82.3 cm³/mol. The van der Waals surface area contributed by atoms with Gasteiger partial charge in [-0.3, -0.25) is 0 Å². The highest BCUT2D eigenvalue weighted by atomic mass is 16.5. The fraction of sp³-hybridized carbons (Fsp3) is 0.375. The van der Waals surface area contributed by atoms with Crippen molar-refractivity contribution in [3.05, 3.63) is 35.7 Å². The zero-order chi connectivity index (χ0) is 14.5. The Labute approximate surface area is 120 Å². The molecule has 4 nitrogen and oxygen atoms in total. The van der Waals surface area contributed by atoms with Crippen LogP contribution in [0.4, 0.5) is 5.82 Å². The smallest absolute Gasteiger partial charge is 0.152 e. The molecule has 0 saturated carbocycles. The Morgan fingerprint density at radius 1 is 1.00 bits per heavy atom. The van der Waals surface area contributed by atoms with Gasteiger partial charge in [-0.1, -0.05) is 0 Å². The van der Waals surface area contributed by atoms with Crippen LogP contribution in [-0.4, -0.2) is 23.1 Å². The number of hydrogen-bond acceptors (Lipinski definition) is 4.